The molecule has 0 fully saturated rings. The highest BCUT2D eigenvalue weighted by molar-refractivity contribution is 6.07. The molecule has 0 unspecified atom stereocenters. The van der Waals surface area contributed by atoms with Crippen LogP contribution in [-0.2, 0) is 28.8 Å². The smallest absolute Gasteiger partial charge is 0.339 e. The van der Waals surface area contributed by atoms with Gasteiger partial charge in [0.25, 0.3) is 0 Å². The minimum Gasteiger partial charge on any atom is -0.454 e. The number of amides is 1. The Bertz CT molecular complexity index is 1200. The van der Waals surface area contributed by atoms with Gasteiger partial charge in [-0.2, -0.15) is 0 Å². The highest BCUT2D eigenvalue weighted by atomic mass is 16.5. The van der Waals surface area contributed by atoms with E-state index in [1.807, 2.05) is 24.3 Å². The molecule has 2 aromatic carbocycles. The number of hydrogen-bond donors (Lipinski definition) is 1. The number of nitrogens with one attached hydrogen (secondary N) is 1. The number of ether oxygens (including phenoxy) is 1. The predicted molar refractivity (Wildman–Crippen MR) is 107 cm³/mol. The molecule has 29 heavy (non-hydrogen) atoms. The minimum absolute atomic E-state index is 0.0885. The van der Waals surface area contributed by atoms with Gasteiger partial charge in [-0.05, 0) is 54.7 Å². The number of aryl methyl sites for hydroxylation is 1. The molecule has 0 saturated carbocycles. The largest absolute Gasteiger partial charge is 0.454 e. The fourth-order valence-corrected chi connectivity index (χ4v) is 4.13. The second-order valence-electron chi connectivity index (χ2n) is 7.38. The number of ketones is 1. The highest BCUT2D eigenvalue weighted by Gasteiger charge is 2.25. The molecule has 0 radical (unpaired) electrons. The van der Waals surface area contributed by atoms with Crippen LogP contribution in [0.4, 0.5) is 5.69 Å². The molecule has 6 heteroatoms. The molecule has 1 aliphatic carbocycles. The van der Waals surface area contributed by atoms with Gasteiger partial charge in [-0.1, -0.05) is 18.2 Å². The molecule has 1 aromatic heterocycles. The summed E-state index contributed by atoms with van der Waals surface area (Å²) in [5, 5.41) is 3.49. The Morgan fingerprint density at radius 1 is 1.10 bits per heavy atom. The lowest BCUT2D eigenvalue weighted by atomic mass is 10.0. The number of aromatic nitrogens is 1. The third-order valence-electron chi connectivity index (χ3n) is 5.51. The van der Waals surface area contributed by atoms with Crippen molar-refractivity contribution in [3.63, 3.8) is 0 Å². The number of carbonyl (C=O) groups excluding carboxylic acids is 3. The highest BCUT2D eigenvalue weighted by Crippen LogP contribution is 2.30. The fraction of sp³-hybridized carbons (Fsp3) is 0.217. The summed E-state index contributed by atoms with van der Waals surface area (Å²) < 4.78 is 5.42. The maximum absolute atomic E-state index is 12.9. The zero-order valence-electron chi connectivity index (χ0n) is 15.7. The predicted octanol–water partition coefficient (Wildman–Crippen LogP) is 3.26. The van der Waals surface area contributed by atoms with Crippen LogP contribution in [0, 0.1) is 0 Å². The molecule has 0 spiro atoms. The van der Waals surface area contributed by atoms with Crippen LogP contribution in [-0.4, -0.2) is 29.3 Å². The van der Waals surface area contributed by atoms with Crippen LogP contribution in [0.15, 0.2) is 42.5 Å². The molecule has 5 rings (SSSR count). The Labute approximate surface area is 166 Å². The molecule has 1 N–H and O–H groups in total. The lowest BCUT2D eigenvalue weighted by molar-refractivity contribution is -0.115. The number of fused-ring (bicyclic) bond motifs is 3. The van der Waals surface area contributed by atoms with Gasteiger partial charge in [0.15, 0.2) is 12.4 Å². The van der Waals surface area contributed by atoms with Gasteiger partial charge in [0.1, 0.15) is 0 Å². The number of anilines is 1. The quantitative estimate of drug-likeness (QED) is 0.550. The number of Topliss-reactive ketones (excluding diaryl/α,β-unsaturated/α-hetero) is 1. The lowest BCUT2D eigenvalue weighted by Gasteiger charge is -2.12. The van der Waals surface area contributed by atoms with Crippen molar-refractivity contribution in [3.05, 3.63) is 70.4 Å². The number of benzene rings is 2. The Hall–Kier alpha value is -3.54. The molecule has 6 nitrogen and oxygen atoms in total. The van der Waals surface area contributed by atoms with Crippen LogP contribution < -0.4 is 5.32 Å². The Morgan fingerprint density at radius 3 is 2.86 bits per heavy atom. The lowest BCUT2D eigenvalue weighted by Crippen LogP contribution is -2.16. The van der Waals surface area contributed by atoms with Crippen LogP contribution in [0.5, 0.6) is 0 Å². The number of pyridine rings is 1. The zero-order chi connectivity index (χ0) is 20.0. The third-order valence-corrected chi connectivity index (χ3v) is 5.51. The van der Waals surface area contributed by atoms with E-state index in [-0.39, 0.29) is 24.7 Å². The normalized spacial score (nSPS) is 14.4. The van der Waals surface area contributed by atoms with Crippen molar-refractivity contribution < 1.29 is 19.1 Å². The monoisotopic (exact) mass is 386 g/mol. The number of para-hydroxylation sites is 1. The van der Waals surface area contributed by atoms with Crippen LogP contribution in [0.1, 0.15) is 44.0 Å². The van der Waals surface area contributed by atoms with E-state index in [9.17, 15) is 14.4 Å². The van der Waals surface area contributed by atoms with Gasteiger partial charge in [-0.25, -0.2) is 4.79 Å². The van der Waals surface area contributed by atoms with Gasteiger partial charge in [0.2, 0.25) is 5.91 Å². The van der Waals surface area contributed by atoms with E-state index in [2.05, 4.69) is 10.3 Å². The van der Waals surface area contributed by atoms with Crippen LogP contribution in [0.25, 0.3) is 10.9 Å². The first-order valence-corrected chi connectivity index (χ1v) is 9.64. The van der Waals surface area contributed by atoms with Crippen molar-refractivity contribution in [2.45, 2.75) is 25.7 Å². The summed E-state index contributed by atoms with van der Waals surface area (Å²) in [5.41, 5.74) is 5.10. The number of hydrogen-bond acceptors (Lipinski definition) is 5. The number of rotatable bonds is 4. The molecule has 2 aliphatic rings. The average Bonchev–Trinajstić information content (AvgIpc) is 3.34. The maximum Gasteiger partial charge on any atom is 0.339 e. The van der Waals surface area contributed by atoms with Crippen molar-refractivity contribution in [1.29, 1.82) is 0 Å². The second-order valence-corrected chi connectivity index (χ2v) is 7.38. The van der Waals surface area contributed by atoms with Crippen LogP contribution >= 0.6 is 0 Å². The van der Waals surface area contributed by atoms with E-state index >= 15 is 0 Å². The van der Waals surface area contributed by atoms with Crippen LogP contribution in [0.3, 0.4) is 0 Å². The van der Waals surface area contributed by atoms with Crippen molar-refractivity contribution >= 4 is 34.3 Å². The first-order valence-electron chi connectivity index (χ1n) is 9.64. The summed E-state index contributed by atoms with van der Waals surface area (Å²) in [5.74, 6) is -0.877. The topological polar surface area (TPSA) is 85.4 Å². The number of nitrogens with zero attached hydrogens (tertiary/aromatic N) is 1. The Morgan fingerprint density at radius 2 is 1.97 bits per heavy atom. The van der Waals surface area contributed by atoms with Gasteiger partial charge in [0, 0.05) is 22.3 Å². The summed E-state index contributed by atoms with van der Waals surface area (Å²) in [6, 6.07) is 12.5. The van der Waals surface area contributed by atoms with E-state index in [1.165, 1.54) is 0 Å². The Kier molecular flexibility index (Phi) is 4.12. The average molecular weight is 386 g/mol. The SMILES string of the molecule is O=C1Cc2cc(C(=O)COC(=O)c3c4c(nc5ccccc35)CCC4)ccc2N1. The van der Waals surface area contributed by atoms with Crippen molar-refractivity contribution in [2.75, 3.05) is 11.9 Å². The third kappa shape index (κ3) is 3.06. The molecule has 1 aliphatic heterocycles. The van der Waals surface area contributed by atoms with Crippen molar-refractivity contribution in [2.24, 2.45) is 0 Å². The molecule has 144 valence electrons. The van der Waals surface area contributed by atoms with E-state index in [4.69, 9.17) is 4.74 Å². The molecule has 1 amide bonds. The molecular weight excluding hydrogens is 368 g/mol. The second kappa shape index (κ2) is 6.81. The van der Waals surface area contributed by atoms with Crippen LogP contribution in [0.2, 0.25) is 0 Å². The van der Waals surface area contributed by atoms with Crippen molar-refractivity contribution in [1.82, 2.24) is 4.98 Å². The summed E-state index contributed by atoms with van der Waals surface area (Å²) in [4.78, 5) is 41.6. The molecule has 0 bridgehead atoms. The Balaban J connectivity index is 1.39. The molecular formula is C23H18N2O4. The summed E-state index contributed by atoms with van der Waals surface area (Å²) >= 11 is 0. The van der Waals surface area contributed by atoms with Gasteiger partial charge in [-0.3, -0.25) is 14.6 Å². The summed E-state index contributed by atoms with van der Waals surface area (Å²) in [6.07, 6.45) is 2.85. The van der Waals surface area contributed by atoms with Crippen molar-refractivity contribution in [3.8, 4) is 0 Å². The summed E-state index contributed by atoms with van der Waals surface area (Å²) in [7, 11) is 0. The molecule has 2 heterocycles. The first kappa shape index (κ1) is 17.6. The van der Waals surface area contributed by atoms with Gasteiger partial charge in [0.05, 0.1) is 17.5 Å². The first-order chi connectivity index (χ1) is 14.1. The maximum atomic E-state index is 12.9. The molecule has 0 saturated heterocycles. The minimum atomic E-state index is -0.492. The van der Waals surface area contributed by atoms with E-state index in [0.29, 0.717) is 11.1 Å². The molecule has 0 atom stereocenters. The standard InChI is InChI=1S/C23H18N2O4/c26-20(13-8-9-17-14(10-13)11-21(27)25-17)12-29-23(28)22-15-4-1-2-6-18(15)24-19-7-3-5-16(19)22/h1-2,4,6,8-10H,3,5,7,11-12H2,(H,25,27). The van der Waals surface area contributed by atoms with E-state index < -0.39 is 5.97 Å². The number of carbonyl (C=O) groups is 3. The van der Waals surface area contributed by atoms with E-state index in [1.54, 1.807) is 18.2 Å². The zero-order valence-corrected chi connectivity index (χ0v) is 15.7. The van der Waals surface area contributed by atoms with E-state index in [0.717, 1.165) is 52.7 Å². The summed E-state index contributed by atoms with van der Waals surface area (Å²) in [6.45, 7) is -0.343. The fourth-order valence-electron chi connectivity index (χ4n) is 4.13. The number of esters is 1. The van der Waals surface area contributed by atoms with Gasteiger partial charge >= 0.3 is 5.97 Å². The van der Waals surface area contributed by atoms with Gasteiger partial charge in [-0.15, -0.1) is 0 Å². The molecule has 3 aromatic rings. The van der Waals surface area contributed by atoms with Gasteiger partial charge < -0.3 is 10.1 Å².